The number of benzene rings is 2. The molecule has 0 aromatic heterocycles. The van der Waals surface area contributed by atoms with Gasteiger partial charge in [0.15, 0.2) is 9.84 Å². The number of aryl methyl sites for hydroxylation is 1. The number of hydrogen-bond donors (Lipinski definition) is 3. The summed E-state index contributed by atoms with van der Waals surface area (Å²) in [6.45, 7) is 1.50. The molecule has 0 saturated carbocycles. The molecule has 0 amide bonds. The van der Waals surface area contributed by atoms with Gasteiger partial charge in [0.1, 0.15) is 0 Å². The molecule has 0 aliphatic carbocycles. The Bertz CT molecular complexity index is 1160. The molecular formula is C18H20N2O7S2. The monoisotopic (exact) mass is 440 g/mol. The number of carbonyl (C=O) groups is 1. The molecular weight excluding hydrogens is 420 g/mol. The second-order valence-electron chi connectivity index (χ2n) is 6.89. The Morgan fingerprint density at radius 3 is 2.28 bits per heavy atom. The molecule has 1 saturated heterocycles. The van der Waals surface area contributed by atoms with Gasteiger partial charge in [-0.05, 0) is 48.9 Å². The lowest BCUT2D eigenvalue weighted by Crippen LogP contribution is -2.47. The fourth-order valence-electron chi connectivity index (χ4n) is 3.28. The smallest absolute Gasteiger partial charge is 0.335 e. The second kappa shape index (κ2) is 7.32. The molecule has 1 fully saturated rings. The third-order valence-corrected chi connectivity index (χ3v) is 8.41. The number of anilines is 2. The number of carboxylic acids is 1. The Morgan fingerprint density at radius 1 is 1.14 bits per heavy atom. The molecule has 156 valence electrons. The van der Waals surface area contributed by atoms with Crippen LogP contribution in [0.5, 0.6) is 0 Å². The van der Waals surface area contributed by atoms with Crippen LogP contribution in [0.25, 0.3) is 0 Å². The molecule has 3 rings (SSSR count). The molecule has 0 spiro atoms. The van der Waals surface area contributed by atoms with Crippen molar-refractivity contribution in [2.45, 2.75) is 24.0 Å². The molecule has 2 aromatic carbocycles. The lowest BCUT2D eigenvalue weighted by Gasteiger charge is -2.32. The number of nitrogen functional groups attached to an aromatic ring is 1. The Morgan fingerprint density at radius 2 is 1.76 bits per heavy atom. The quantitative estimate of drug-likeness (QED) is 0.572. The van der Waals surface area contributed by atoms with Gasteiger partial charge in [0, 0.05) is 5.69 Å². The van der Waals surface area contributed by atoms with Crippen molar-refractivity contribution in [3.05, 3.63) is 53.6 Å². The van der Waals surface area contributed by atoms with Crippen molar-refractivity contribution in [3.63, 3.8) is 0 Å². The van der Waals surface area contributed by atoms with Crippen molar-refractivity contribution >= 4 is 37.2 Å². The van der Waals surface area contributed by atoms with Gasteiger partial charge in [0.05, 0.1) is 39.8 Å². The predicted molar refractivity (Wildman–Crippen MR) is 107 cm³/mol. The number of hydrogen-bond acceptors (Lipinski definition) is 7. The van der Waals surface area contributed by atoms with E-state index in [1.54, 1.807) is 0 Å². The first kappa shape index (κ1) is 21.1. The number of aliphatic hydroxyl groups is 1. The summed E-state index contributed by atoms with van der Waals surface area (Å²) in [6, 6.07) is 8.11. The highest BCUT2D eigenvalue weighted by molar-refractivity contribution is 7.93. The number of nitrogens with zero attached hydrogens (tertiary/aromatic N) is 1. The number of aromatic carboxylic acids is 1. The molecule has 0 bridgehead atoms. The van der Waals surface area contributed by atoms with E-state index in [-0.39, 0.29) is 21.7 Å². The van der Waals surface area contributed by atoms with E-state index in [1.165, 1.54) is 43.3 Å². The first-order chi connectivity index (χ1) is 13.4. The maximum Gasteiger partial charge on any atom is 0.335 e. The van der Waals surface area contributed by atoms with Crippen LogP contribution in [0.3, 0.4) is 0 Å². The lowest BCUT2D eigenvalue weighted by atomic mass is 10.1. The van der Waals surface area contributed by atoms with Crippen molar-refractivity contribution in [1.29, 1.82) is 0 Å². The second-order valence-corrected chi connectivity index (χ2v) is 10.8. The van der Waals surface area contributed by atoms with Gasteiger partial charge in [-0.3, -0.25) is 4.31 Å². The zero-order valence-electron chi connectivity index (χ0n) is 15.4. The van der Waals surface area contributed by atoms with Gasteiger partial charge in [-0.25, -0.2) is 21.6 Å². The summed E-state index contributed by atoms with van der Waals surface area (Å²) in [6.07, 6.45) is -1.43. The molecule has 0 unspecified atom stereocenters. The van der Waals surface area contributed by atoms with Crippen LogP contribution in [-0.4, -0.2) is 56.7 Å². The fourth-order valence-corrected chi connectivity index (χ4v) is 7.08. The first-order valence-electron chi connectivity index (χ1n) is 8.55. The fraction of sp³-hybridized carbons (Fsp3) is 0.278. The third-order valence-electron chi connectivity index (χ3n) is 4.71. The van der Waals surface area contributed by atoms with Gasteiger partial charge in [0.25, 0.3) is 10.0 Å². The van der Waals surface area contributed by atoms with Gasteiger partial charge >= 0.3 is 5.97 Å². The summed E-state index contributed by atoms with van der Waals surface area (Å²) in [4.78, 5) is 11.0. The average Bonchev–Trinajstić information content (AvgIpc) is 2.88. The Kier molecular flexibility index (Phi) is 5.32. The topological polar surface area (TPSA) is 155 Å². The molecule has 1 heterocycles. The van der Waals surface area contributed by atoms with Crippen LogP contribution in [0, 0.1) is 6.92 Å². The van der Waals surface area contributed by atoms with Crippen molar-refractivity contribution in [2.24, 2.45) is 0 Å². The van der Waals surface area contributed by atoms with Gasteiger partial charge in [-0.2, -0.15) is 0 Å². The number of aliphatic hydroxyl groups excluding tert-OH is 1. The molecule has 29 heavy (non-hydrogen) atoms. The molecule has 4 N–H and O–H groups in total. The summed E-state index contributed by atoms with van der Waals surface area (Å²) >= 11 is 0. The van der Waals surface area contributed by atoms with Crippen LogP contribution in [0.4, 0.5) is 11.4 Å². The standard InChI is InChI=1S/C18H20N2O7S2/c1-11-2-3-12(18(22)23)8-17(11)29(26,27)20(14-6-4-13(19)5-7-14)15-9-28(24,25)10-16(15)21/h2-8,15-16,21H,9-10,19H2,1H3,(H,22,23)/t15-,16-/m0/s1. The molecule has 9 nitrogen and oxygen atoms in total. The molecule has 1 aliphatic heterocycles. The zero-order chi connectivity index (χ0) is 21.6. The Hall–Kier alpha value is -2.63. The minimum atomic E-state index is -4.42. The minimum Gasteiger partial charge on any atom is -0.478 e. The number of sulfone groups is 1. The Labute approximate surface area is 168 Å². The van der Waals surface area contributed by atoms with Crippen molar-refractivity contribution in [1.82, 2.24) is 0 Å². The summed E-state index contributed by atoms with van der Waals surface area (Å²) in [7, 11) is -8.07. The molecule has 11 heteroatoms. The van der Waals surface area contributed by atoms with Crippen LogP contribution in [0.1, 0.15) is 15.9 Å². The maximum absolute atomic E-state index is 13.6. The van der Waals surface area contributed by atoms with E-state index in [0.717, 1.165) is 10.4 Å². The van der Waals surface area contributed by atoms with Crippen LogP contribution in [0.2, 0.25) is 0 Å². The largest absolute Gasteiger partial charge is 0.478 e. The highest BCUT2D eigenvalue weighted by Gasteiger charge is 2.45. The van der Waals surface area contributed by atoms with Crippen molar-refractivity contribution < 1.29 is 31.8 Å². The highest BCUT2D eigenvalue weighted by atomic mass is 32.2. The SMILES string of the molecule is Cc1ccc(C(=O)O)cc1S(=O)(=O)N(c1ccc(N)cc1)[C@H]1CS(=O)(=O)C[C@@H]1O. The number of rotatable bonds is 5. The van der Waals surface area contributed by atoms with E-state index >= 15 is 0 Å². The molecule has 1 aliphatic rings. The number of nitrogens with two attached hydrogens (primary N) is 1. The first-order valence-corrected chi connectivity index (χ1v) is 11.8. The van der Waals surface area contributed by atoms with E-state index in [1.807, 2.05) is 0 Å². The Balaban J connectivity index is 2.22. The summed E-state index contributed by atoms with van der Waals surface area (Å²) in [5, 5.41) is 19.6. The third kappa shape index (κ3) is 4.07. The lowest BCUT2D eigenvalue weighted by molar-refractivity contribution is 0.0696. The predicted octanol–water partition coefficient (Wildman–Crippen LogP) is 0.629. The van der Waals surface area contributed by atoms with Crippen molar-refractivity contribution in [3.8, 4) is 0 Å². The highest BCUT2D eigenvalue weighted by Crippen LogP contribution is 2.33. The van der Waals surface area contributed by atoms with Crippen molar-refractivity contribution in [2.75, 3.05) is 21.5 Å². The van der Waals surface area contributed by atoms with Crippen LogP contribution in [0.15, 0.2) is 47.4 Å². The number of carboxylic acid groups (broad SMARTS) is 1. The van der Waals surface area contributed by atoms with Gasteiger partial charge < -0.3 is 15.9 Å². The van der Waals surface area contributed by atoms with E-state index in [0.29, 0.717) is 5.69 Å². The van der Waals surface area contributed by atoms with Gasteiger partial charge in [-0.15, -0.1) is 0 Å². The van der Waals surface area contributed by atoms with E-state index in [2.05, 4.69) is 0 Å². The van der Waals surface area contributed by atoms with Crippen LogP contribution in [-0.2, 0) is 19.9 Å². The van der Waals surface area contributed by atoms with Crippen LogP contribution >= 0.6 is 0 Å². The van der Waals surface area contributed by atoms with E-state index in [9.17, 15) is 31.8 Å². The average molecular weight is 440 g/mol. The summed E-state index contributed by atoms with van der Waals surface area (Å²) in [5.74, 6) is -2.42. The van der Waals surface area contributed by atoms with E-state index < -0.39 is 49.5 Å². The summed E-state index contributed by atoms with van der Waals surface area (Å²) in [5.41, 5.74) is 6.20. The minimum absolute atomic E-state index is 0.112. The summed E-state index contributed by atoms with van der Waals surface area (Å²) < 4.78 is 52.0. The maximum atomic E-state index is 13.6. The molecule has 0 radical (unpaired) electrons. The molecule has 2 aromatic rings. The van der Waals surface area contributed by atoms with Crippen LogP contribution < -0.4 is 10.0 Å². The zero-order valence-corrected chi connectivity index (χ0v) is 17.0. The molecule has 2 atom stereocenters. The van der Waals surface area contributed by atoms with E-state index in [4.69, 9.17) is 5.73 Å². The number of sulfonamides is 1. The van der Waals surface area contributed by atoms with Gasteiger partial charge in [-0.1, -0.05) is 6.07 Å². The normalized spacial score (nSPS) is 21.0. The van der Waals surface area contributed by atoms with Gasteiger partial charge in [0.2, 0.25) is 0 Å².